The normalized spacial score (nSPS) is 12.0. The molecule has 2 aromatic heterocycles. The summed E-state index contributed by atoms with van der Waals surface area (Å²) in [5, 5.41) is 0.655. The van der Waals surface area contributed by atoms with Crippen molar-refractivity contribution in [3.8, 4) is 5.82 Å². The van der Waals surface area contributed by atoms with Gasteiger partial charge in [0, 0.05) is 29.4 Å². The van der Waals surface area contributed by atoms with Crippen LogP contribution in [0.25, 0.3) is 22.8 Å². The van der Waals surface area contributed by atoms with E-state index < -0.39 is 17.7 Å². The van der Waals surface area contributed by atoms with Crippen LogP contribution in [0.15, 0.2) is 48.8 Å². The number of pyridine rings is 1. The minimum atomic E-state index is -4.53. The Morgan fingerprint density at radius 2 is 2.07 bits per heavy atom. The van der Waals surface area contributed by atoms with Gasteiger partial charge in [-0.2, -0.15) is 13.2 Å². The zero-order valence-electron chi connectivity index (χ0n) is 14.1. The molecule has 2 heterocycles. The Labute approximate surface area is 157 Å². The second-order valence-corrected chi connectivity index (χ2v) is 5.99. The number of ether oxygens (including phenoxy) is 1. The number of alkyl halides is 3. The highest BCUT2D eigenvalue weighted by molar-refractivity contribution is 6.32. The molecule has 0 saturated carbocycles. The number of fused-ring (bicyclic) bond motifs is 1. The number of halogens is 4. The maximum absolute atomic E-state index is 12.8. The molecule has 3 rings (SSSR count). The van der Waals surface area contributed by atoms with Crippen molar-refractivity contribution in [2.24, 2.45) is 0 Å². The van der Waals surface area contributed by atoms with E-state index in [1.165, 1.54) is 6.08 Å². The largest absolute Gasteiger partial charge is 0.463 e. The van der Waals surface area contributed by atoms with Crippen LogP contribution >= 0.6 is 11.6 Å². The maximum atomic E-state index is 12.8. The SMILES string of the molecule is CCOC(=O)C=Cc1cn(-c2ncc(C(F)(F)F)cc2Cl)c2ccccc12. The number of nitrogens with zero attached hydrogens (tertiary/aromatic N) is 2. The van der Waals surface area contributed by atoms with E-state index in [0.717, 1.165) is 17.6 Å². The molecular weight excluding hydrogens is 381 g/mol. The van der Waals surface area contributed by atoms with Gasteiger partial charge in [0.05, 0.1) is 22.7 Å². The van der Waals surface area contributed by atoms with Crippen molar-refractivity contribution in [2.45, 2.75) is 13.1 Å². The minimum Gasteiger partial charge on any atom is -0.463 e. The fraction of sp³-hybridized carbons (Fsp3) is 0.158. The van der Waals surface area contributed by atoms with Crippen LogP contribution < -0.4 is 0 Å². The number of hydrogen-bond donors (Lipinski definition) is 0. The summed E-state index contributed by atoms with van der Waals surface area (Å²) in [5.41, 5.74) is 0.446. The smallest absolute Gasteiger partial charge is 0.417 e. The molecule has 0 fully saturated rings. The van der Waals surface area contributed by atoms with E-state index >= 15 is 0 Å². The van der Waals surface area contributed by atoms with Crippen LogP contribution in [0.3, 0.4) is 0 Å². The van der Waals surface area contributed by atoms with Gasteiger partial charge in [0.25, 0.3) is 0 Å². The number of hydrogen-bond acceptors (Lipinski definition) is 3. The van der Waals surface area contributed by atoms with E-state index in [1.807, 2.05) is 12.1 Å². The molecular formula is C19H14ClF3N2O2. The van der Waals surface area contributed by atoms with E-state index in [-0.39, 0.29) is 17.4 Å². The first-order valence-electron chi connectivity index (χ1n) is 7.99. The molecule has 0 radical (unpaired) electrons. The summed E-state index contributed by atoms with van der Waals surface area (Å²) in [7, 11) is 0. The molecule has 0 unspecified atom stereocenters. The minimum absolute atomic E-state index is 0.133. The highest BCUT2D eigenvalue weighted by atomic mass is 35.5. The summed E-state index contributed by atoms with van der Waals surface area (Å²) in [6.45, 7) is 1.96. The van der Waals surface area contributed by atoms with E-state index in [0.29, 0.717) is 11.1 Å². The summed E-state index contributed by atoms with van der Waals surface area (Å²) >= 11 is 6.07. The standard InChI is InChI=1S/C19H14ClF3N2O2/c1-2-27-17(26)8-7-12-11-25(16-6-4-3-5-14(12)16)18-15(20)9-13(10-24-18)19(21,22)23/h3-11H,2H2,1H3. The Morgan fingerprint density at radius 3 is 2.74 bits per heavy atom. The highest BCUT2D eigenvalue weighted by Crippen LogP contribution is 2.33. The van der Waals surface area contributed by atoms with Gasteiger partial charge in [-0.1, -0.05) is 29.8 Å². The molecule has 140 valence electrons. The molecule has 0 N–H and O–H groups in total. The Balaban J connectivity index is 2.09. The topological polar surface area (TPSA) is 44.1 Å². The monoisotopic (exact) mass is 394 g/mol. The zero-order chi connectivity index (χ0) is 19.6. The Hall–Kier alpha value is -2.80. The second-order valence-electron chi connectivity index (χ2n) is 5.58. The number of carbonyl (C=O) groups excluding carboxylic acids is 1. The summed E-state index contributed by atoms with van der Waals surface area (Å²) in [6, 6.07) is 8.06. The molecule has 8 heteroatoms. The van der Waals surface area contributed by atoms with Gasteiger partial charge in [0.1, 0.15) is 0 Å². The molecule has 4 nitrogen and oxygen atoms in total. The van der Waals surface area contributed by atoms with Gasteiger partial charge in [0.2, 0.25) is 0 Å². The number of benzene rings is 1. The second kappa shape index (κ2) is 7.44. The molecule has 3 aromatic rings. The van der Waals surface area contributed by atoms with Crippen molar-refractivity contribution >= 4 is 34.5 Å². The average Bonchev–Trinajstić information content (AvgIpc) is 2.98. The van der Waals surface area contributed by atoms with Gasteiger partial charge in [-0.15, -0.1) is 0 Å². The summed E-state index contributed by atoms with van der Waals surface area (Å²) < 4.78 is 45.0. The van der Waals surface area contributed by atoms with Crippen LogP contribution in [-0.4, -0.2) is 22.1 Å². The molecule has 0 saturated heterocycles. The fourth-order valence-corrected chi connectivity index (χ4v) is 2.88. The Kier molecular flexibility index (Phi) is 5.23. The van der Waals surface area contributed by atoms with Crippen LogP contribution in [0.1, 0.15) is 18.1 Å². The Bertz CT molecular complexity index is 1030. The molecule has 0 aliphatic heterocycles. The third kappa shape index (κ3) is 3.98. The van der Waals surface area contributed by atoms with Crippen molar-refractivity contribution in [1.82, 2.24) is 9.55 Å². The van der Waals surface area contributed by atoms with Crippen LogP contribution in [0.5, 0.6) is 0 Å². The van der Waals surface area contributed by atoms with Crippen molar-refractivity contribution in [3.05, 3.63) is 65.0 Å². The first-order chi connectivity index (χ1) is 12.8. The molecule has 1 aromatic carbocycles. The Morgan fingerprint density at radius 1 is 1.33 bits per heavy atom. The van der Waals surface area contributed by atoms with Crippen LogP contribution in [0, 0.1) is 0 Å². The number of carbonyl (C=O) groups is 1. The zero-order valence-corrected chi connectivity index (χ0v) is 14.9. The summed E-state index contributed by atoms with van der Waals surface area (Å²) in [5.74, 6) is -0.323. The van der Waals surface area contributed by atoms with Crippen LogP contribution in [0.2, 0.25) is 5.02 Å². The van der Waals surface area contributed by atoms with Gasteiger partial charge >= 0.3 is 12.1 Å². The van der Waals surface area contributed by atoms with Gasteiger partial charge in [-0.3, -0.25) is 4.57 Å². The molecule has 0 amide bonds. The van der Waals surface area contributed by atoms with Crippen molar-refractivity contribution in [3.63, 3.8) is 0 Å². The van der Waals surface area contributed by atoms with E-state index in [4.69, 9.17) is 16.3 Å². The average molecular weight is 395 g/mol. The van der Waals surface area contributed by atoms with E-state index in [2.05, 4.69) is 4.98 Å². The third-order valence-corrected chi connectivity index (χ3v) is 4.08. The van der Waals surface area contributed by atoms with Gasteiger partial charge in [-0.05, 0) is 25.1 Å². The van der Waals surface area contributed by atoms with Gasteiger partial charge < -0.3 is 4.74 Å². The molecule has 0 aliphatic carbocycles. The number of aromatic nitrogens is 2. The summed E-state index contributed by atoms with van der Waals surface area (Å²) in [4.78, 5) is 15.5. The molecule has 0 bridgehead atoms. The fourth-order valence-electron chi connectivity index (χ4n) is 2.63. The maximum Gasteiger partial charge on any atom is 0.417 e. The third-order valence-electron chi connectivity index (χ3n) is 3.81. The lowest BCUT2D eigenvalue weighted by molar-refractivity contribution is -0.138. The quantitative estimate of drug-likeness (QED) is 0.447. The van der Waals surface area contributed by atoms with Gasteiger partial charge in [0.15, 0.2) is 5.82 Å². The van der Waals surface area contributed by atoms with Crippen molar-refractivity contribution < 1.29 is 22.7 Å². The van der Waals surface area contributed by atoms with Crippen molar-refractivity contribution in [1.29, 1.82) is 0 Å². The number of esters is 1. The van der Waals surface area contributed by atoms with Gasteiger partial charge in [-0.25, -0.2) is 9.78 Å². The first kappa shape index (κ1) is 19.0. The summed E-state index contributed by atoms with van der Waals surface area (Å²) in [6.07, 6.45) is 0.736. The van der Waals surface area contributed by atoms with Crippen LogP contribution in [-0.2, 0) is 15.7 Å². The molecule has 0 spiro atoms. The number of rotatable bonds is 4. The number of para-hydroxylation sites is 1. The predicted molar refractivity (Wildman–Crippen MR) is 96.7 cm³/mol. The van der Waals surface area contributed by atoms with E-state index in [1.54, 1.807) is 35.9 Å². The molecule has 0 atom stereocenters. The lowest BCUT2D eigenvalue weighted by atomic mass is 10.1. The molecule has 27 heavy (non-hydrogen) atoms. The van der Waals surface area contributed by atoms with Crippen LogP contribution in [0.4, 0.5) is 13.2 Å². The van der Waals surface area contributed by atoms with Crippen molar-refractivity contribution in [2.75, 3.05) is 6.61 Å². The lowest BCUT2D eigenvalue weighted by Crippen LogP contribution is -2.07. The van der Waals surface area contributed by atoms with E-state index in [9.17, 15) is 18.0 Å². The highest BCUT2D eigenvalue weighted by Gasteiger charge is 2.31. The predicted octanol–water partition coefficient (Wildman–Crippen LogP) is 5.27. The first-order valence-corrected chi connectivity index (χ1v) is 8.37. The molecule has 0 aliphatic rings. The lowest BCUT2D eigenvalue weighted by Gasteiger charge is -2.10.